The van der Waals surface area contributed by atoms with E-state index in [0.29, 0.717) is 28.4 Å². The maximum Gasteiger partial charge on any atom is 0.326 e. The number of imidazole rings is 1. The number of aromatic hydroxyl groups is 1. The normalized spacial score (nSPS) is 21.9. The number of aromatic nitrogens is 6. The van der Waals surface area contributed by atoms with Crippen LogP contribution in [-0.2, 0) is 0 Å². The zero-order valence-corrected chi connectivity index (χ0v) is 21.3. The number of H-pyrrole nitrogens is 2. The van der Waals surface area contributed by atoms with E-state index in [0.717, 1.165) is 38.5 Å². The summed E-state index contributed by atoms with van der Waals surface area (Å²) in [5.74, 6) is 0.579. The molecule has 2 saturated carbocycles. The van der Waals surface area contributed by atoms with Crippen LogP contribution in [0.3, 0.4) is 0 Å². The van der Waals surface area contributed by atoms with Crippen LogP contribution in [0.25, 0.3) is 11.7 Å². The summed E-state index contributed by atoms with van der Waals surface area (Å²) in [5, 5.41) is 24.5. The van der Waals surface area contributed by atoms with Crippen molar-refractivity contribution in [3.8, 4) is 5.88 Å². The molecule has 0 bridgehead atoms. The number of urea groups is 1. The number of nitrogens with one attached hydrogen (secondary N) is 5. The molecule has 1 atom stereocenters. The summed E-state index contributed by atoms with van der Waals surface area (Å²) < 4.78 is 1.58. The molecule has 3 heterocycles. The molecular formula is C24H34N10O3. The fourth-order valence-electron chi connectivity index (χ4n) is 4.31. The zero-order valence-electron chi connectivity index (χ0n) is 21.3. The van der Waals surface area contributed by atoms with Crippen molar-refractivity contribution < 1.29 is 9.90 Å². The van der Waals surface area contributed by atoms with Gasteiger partial charge in [-0.15, -0.1) is 0 Å². The third kappa shape index (κ3) is 5.92. The highest BCUT2D eigenvalue weighted by Crippen LogP contribution is 2.23. The van der Waals surface area contributed by atoms with Gasteiger partial charge in [0.05, 0.1) is 12.2 Å². The molecule has 2 aliphatic rings. The van der Waals surface area contributed by atoms with Gasteiger partial charge in [-0.25, -0.2) is 14.6 Å². The topological polar surface area (TPSA) is 177 Å². The second-order valence-corrected chi connectivity index (χ2v) is 10.4. The van der Waals surface area contributed by atoms with Crippen molar-refractivity contribution in [1.82, 2.24) is 40.2 Å². The number of carbonyl (C=O) groups excluding carboxylic acids is 1. The Balaban J connectivity index is 1.32. The summed E-state index contributed by atoms with van der Waals surface area (Å²) in [7, 11) is 0. The molecule has 2 fully saturated rings. The summed E-state index contributed by atoms with van der Waals surface area (Å²) in [4.78, 5) is 42.7. The van der Waals surface area contributed by atoms with Crippen LogP contribution in [0, 0.1) is 5.92 Å². The van der Waals surface area contributed by atoms with E-state index in [-0.39, 0.29) is 41.8 Å². The van der Waals surface area contributed by atoms with E-state index in [1.807, 2.05) is 6.92 Å². The highest BCUT2D eigenvalue weighted by atomic mass is 16.3. The minimum absolute atomic E-state index is 0.114. The first-order chi connectivity index (χ1) is 17.7. The molecule has 0 aliphatic heterocycles. The number of aromatic amines is 2. The van der Waals surface area contributed by atoms with E-state index >= 15 is 0 Å². The summed E-state index contributed by atoms with van der Waals surface area (Å²) in [6, 6.07) is 0.532. The fraction of sp³-hybridized carbons (Fsp3) is 0.583. The van der Waals surface area contributed by atoms with Crippen molar-refractivity contribution >= 4 is 23.7 Å². The molecule has 6 N–H and O–H groups in total. The van der Waals surface area contributed by atoms with Crippen LogP contribution in [0.4, 0.5) is 10.7 Å². The molecule has 0 aromatic carbocycles. The lowest BCUT2D eigenvalue weighted by Crippen LogP contribution is -2.48. The number of fused-ring (bicyclic) bond motifs is 1. The van der Waals surface area contributed by atoms with Gasteiger partial charge in [0, 0.05) is 23.3 Å². The second kappa shape index (κ2) is 10.2. The lowest BCUT2D eigenvalue weighted by Gasteiger charge is -2.30. The number of anilines is 1. The average molecular weight is 511 g/mol. The number of carbonyl (C=O) groups is 1. The molecule has 3 aromatic heterocycles. The standard InChI is InChI=1S/C24H34N10O3/c1-12(2)13(3)26-23(36)29-17-8-4-15(5-9-17)27-21-31-19-14(10-18-20(35)32-24(37)30-18)11-25-34(19)22(33-21)28-16-6-7-16/h10-13,15-17,35H,4-9H2,1-3H3,(H2,26,29,36)(H,27,28,33)(H2,30,32,37)/b14-10+. The van der Waals surface area contributed by atoms with Gasteiger partial charge in [0.15, 0.2) is 5.65 Å². The summed E-state index contributed by atoms with van der Waals surface area (Å²) in [6.45, 7) is 6.18. The molecule has 37 heavy (non-hydrogen) atoms. The zero-order chi connectivity index (χ0) is 26.1. The van der Waals surface area contributed by atoms with Crippen LogP contribution in [0.15, 0.2) is 16.0 Å². The van der Waals surface area contributed by atoms with Gasteiger partial charge in [0.1, 0.15) is 5.69 Å². The molecule has 0 saturated heterocycles. The van der Waals surface area contributed by atoms with E-state index in [1.54, 1.807) is 16.8 Å². The van der Waals surface area contributed by atoms with E-state index in [2.05, 4.69) is 49.8 Å². The SMILES string of the molecule is CC(C)C(C)NC(=O)NC1CCC(Nc2nc(=NC3CC3)n3nc/c(=C\c4[nH]c(=O)[nH]c4O)c3n2)CC1. The van der Waals surface area contributed by atoms with Crippen molar-refractivity contribution in [3.63, 3.8) is 0 Å². The van der Waals surface area contributed by atoms with Gasteiger partial charge in [-0.05, 0) is 57.4 Å². The third-order valence-electron chi connectivity index (χ3n) is 7.01. The smallest absolute Gasteiger partial charge is 0.326 e. The summed E-state index contributed by atoms with van der Waals surface area (Å²) in [6.07, 6.45) is 8.70. The van der Waals surface area contributed by atoms with Crippen LogP contribution in [0.2, 0.25) is 0 Å². The Hall–Kier alpha value is -3.90. The number of rotatable bonds is 7. The van der Waals surface area contributed by atoms with E-state index in [1.165, 1.54) is 0 Å². The van der Waals surface area contributed by atoms with Gasteiger partial charge in [-0.2, -0.15) is 19.6 Å². The quantitative estimate of drug-likeness (QED) is 0.268. The molecule has 1 unspecified atom stereocenters. The minimum atomic E-state index is -0.501. The molecular weight excluding hydrogens is 476 g/mol. The number of hydrogen-bond donors (Lipinski definition) is 6. The maximum atomic E-state index is 12.3. The third-order valence-corrected chi connectivity index (χ3v) is 7.01. The largest absolute Gasteiger partial charge is 0.493 e. The molecule has 13 nitrogen and oxygen atoms in total. The number of amides is 2. The van der Waals surface area contributed by atoms with Crippen LogP contribution in [0.5, 0.6) is 5.88 Å². The first kappa shape index (κ1) is 24.8. The fourth-order valence-corrected chi connectivity index (χ4v) is 4.31. The minimum Gasteiger partial charge on any atom is -0.493 e. The molecule has 5 rings (SSSR count). The van der Waals surface area contributed by atoms with Crippen molar-refractivity contribution in [2.24, 2.45) is 10.9 Å². The van der Waals surface area contributed by atoms with Crippen molar-refractivity contribution in [3.05, 3.63) is 33.2 Å². The van der Waals surface area contributed by atoms with Crippen LogP contribution in [0.1, 0.15) is 65.0 Å². The first-order valence-corrected chi connectivity index (χ1v) is 12.9. The molecule has 198 valence electrons. The Morgan fingerprint density at radius 1 is 1.14 bits per heavy atom. The van der Waals surface area contributed by atoms with Crippen molar-refractivity contribution in [2.75, 3.05) is 5.32 Å². The molecule has 13 heteroatoms. The summed E-state index contributed by atoms with van der Waals surface area (Å²) in [5.41, 5.74) is 0.724. The Morgan fingerprint density at radius 2 is 1.86 bits per heavy atom. The average Bonchev–Trinajstić information content (AvgIpc) is 3.48. The first-order valence-electron chi connectivity index (χ1n) is 12.9. The molecule has 2 amide bonds. The lowest BCUT2D eigenvalue weighted by atomic mass is 9.91. The van der Waals surface area contributed by atoms with Crippen LogP contribution in [-0.4, -0.2) is 64.9 Å². The Morgan fingerprint density at radius 3 is 2.51 bits per heavy atom. The van der Waals surface area contributed by atoms with Gasteiger partial charge in [0.25, 0.3) is 5.62 Å². The Bertz CT molecular complexity index is 1440. The van der Waals surface area contributed by atoms with Gasteiger partial charge >= 0.3 is 11.7 Å². The number of hydrogen-bond acceptors (Lipinski definition) is 8. The number of nitrogens with zero attached hydrogens (tertiary/aromatic N) is 5. The monoisotopic (exact) mass is 510 g/mol. The summed E-state index contributed by atoms with van der Waals surface area (Å²) >= 11 is 0. The van der Waals surface area contributed by atoms with Crippen LogP contribution < -0.4 is 32.5 Å². The van der Waals surface area contributed by atoms with E-state index in [4.69, 9.17) is 9.98 Å². The molecule has 0 spiro atoms. The van der Waals surface area contributed by atoms with Gasteiger partial charge in [0.2, 0.25) is 11.8 Å². The van der Waals surface area contributed by atoms with E-state index in [9.17, 15) is 14.7 Å². The molecule has 3 aromatic rings. The highest BCUT2D eigenvalue weighted by Gasteiger charge is 2.25. The van der Waals surface area contributed by atoms with Crippen molar-refractivity contribution in [1.29, 1.82) is 0 Å². The lowest BCUT2D eigenvalue weighted by molar-refractivity contribution is 0.225. The predicted octanol–water partition coefficient (Wildman–Crippen LogP) is 0.524. The molecule has 0 radical (unpaired) electrons. The Kier molecular flexibility index (Phi) is 6.85. The van der Waals surface area contributed by atoms with E-state index < -0.39 is 5.69 Å². The molecule has 2 aliphatic carbocycles. The highest BCUT2D eigenvalue weighted by molar-refractivity contribution is 5.74. The second-order valence-electron chi connectivity index (χ2n) is 10.4. The van der Waals surface area contributed by atoms with Gasteiger partial charge in [-0.3, -0.25) is 4.98 Å². The van der Waals surface area contributed by atoms with Gasteiger partial charge < -0.3 is 26.0 Å². The van der Waals surface area contributed by atoms with Crippen molar-refractivity contribution in [2.45, 2.75) is 83.5 Å². The van der Waals surface area contributed by atoms with Crippen LogP contribution >= 0.6 is 0 Å². The predicted molar refractivity (Wildman–Crippen MR) is 137 cm³/mol. The Labute approximate surface area is 212 Å². The van der Waals surface area contributed by atoms with Gasteiger partial charge in [-0.1, -0.05) is 13.8 Å². The maximum absolute atomic E-state index is 12.3.